The number of benzene rings is 3. The maximum atomic E-state index is 12.6. The molecule has 1 amide bonds. The maximum Gasteiger partial charge on any atom is 0.255 e. The van der Waals surface area contributed by atoms with Crippen molar-refractivity contribution in [3.05, 3.63) is 89.2 Å². The molecule has 7 heteroatoms. The Balaban J connectivity index is 1.39. The summed E-state index contributed by atoms with van der Waals surface area (Å²) in [5.41, 5.74) is 2.53. The molecule has 0 bridgehead atoms. The number of halogens is 1. The molecular formula is C26H26ClN3O3. The Morgan fingerprint density at radius 3 is 2.55 bits per heavy atom. The molecular weight excluding hydrogens is 438 g/mol. The molecule has 0 aliphatic rings. The topological polar surface area (TPSA) is 65.4 Å². The fourth-order valence-electron chi connectivity index (χ4n) is 3.75. The minimum atomic E-state index is -0.164. The highest BCUT2D eigenvalue weighted by Gasteiger charge is 2.13. The van der Waals surface area contributed by atoms with Gasteiger partial charge in [-0.15, -0.1) is 0 Å². The fraction of sp³-hybridized carbons (Fsp3) is 0.231. The highest BCUT2D eigenvalue weighted by molar-refractivity contribution is 6.32. The van der Waals surface area contributed by atoms with Crippen molar-refractivity contribution in [3.63, 3.8) is 0 Å². The summed E-state index contributed by atoms with van der Waals surface area (Å²) in [6, 6.07) is 22.7. The lowest BCUT2D eigenvalue weighted by molar-refractivity contribution is 0.0951. The molecule has 170 valence electrons. The SMILES string of the molecule is COc1ccccc1C(=O)NCCc1nc2ccccc2n1CCCOc1ccccc1Cl. The molecule has 3 aromatic carbocycles. The first-order valence-corrected chi connectivity index (χ1v) is 11.3. The number of hydrogen-bond acceptors (Lipinski definition) is 4. The van der Waals surface area contributed by atoms with Crippen LogP contribution in [0.2, 0.25) is 5.02 Å². The predicted molar refractivity (Wildman–Crippen MR) is 130 cm³/mol. The lowest BCUT2D eigenvalue weighted by Crippen LogP contribution is -2.27. The summed E-state index contributed by atoms with van der Waals surface area (Å²) in [7, 11) is 1.56. The lowest BCUT2D eigenvalue weighted by atomic mass is 10.2. The van der Waals surface area contributed by atoms with E-state index in [9.17, 15) is 4.79 Å². The number of aromatic nitrogens is 2. The molecule has 4 rings (SSSR count). The van der Waals surface area contributed by atoms with Gasteiger partial charge in [0.2, 0.25) is 0 Å². The smallest absolute Gasteiger partial charge is 0.255 e. The van der Waals surface area contributed by atoms with Crippen molar-refractivity contribution in [1.29, 1.82) is 0 Å². The van der Waals surface area contributed by atoms with E-state index in [-0.39, 0.29) is 5.91 Å². The second-order valence-corrected chi connectivity index (χ2v) is 7.91. The van der Waals surface area contributed by atoms with Crippen molar-refractivity contribution in [1.82, 2.24) is 14.9 Å². The van der Waals surface area contributed by atoms with Gasteiger partial charge < -0.3 is 19.4 Å². The first-order valence-electron chi connectivity index (χ1n) is 10.9. The Labute approximate surface area is 198 Å². The molecule has 0 fully saturated rings. The molecule has 0 aliphatic carbocycles. The number of carbonyl (C=O) groups excluding carboxylic acids is 1. The van der Waals surface area contributed by atoms with E-state index in [0.29, 0.717) is 41.7 Å². The van der Waals surface area contributed by atoms with Crippen LogP contribution in [0.1, 0.15) is 22.6 Å². The Bertz CT molecular complexity index is 1240. The number of imidazole rings is 1. The number of carbonyl (C=O) groups is 1. The van der Waals surface area contributed by atoms with Crippen LogP contribution in [0.15, 0.2) is 72.8 Å². The van der Waals surface area contributed by atoms with Gasteiger partial charge in [0.15, 0.2) is 0 Å². The summed E-state index contributed by atoms with van der Waals surface area (Å²) in [4.78, 5) is 17.4. The Kier molecular flexibility index (Phi) is 7.47. The first-order chi connectivity index (χ1) is 16.2. The van der Waals surface area contributed by atoms with Gasteiger partial charge in [0, 0.05) is 19.5 Å². The molecule has 0 saturated carbocycles. The van der Waals surface area contributed by atoms with E-state index in [0.717, 1.165) is 29.8 Å². The van der Waals surface area contributed by atoms with Crippen LogP contribution in [0.4, 0.5) is 0 Å². The van der Waals surface area contributed by atoms with Crippen LogP contribution in [0.5, 0.6) is 11.5 Å². The van der Waals surface area contributed by atoms with Crippen molar-refractivity contribution < 1.29 is 14.3 Å². The number of nitrogens with one attached hydrogen (secondary N) is 1. The predicted octanol–water partition coefficient (Wildman–Crippen LogP) is 5.14. The van der Waals surface area contributed by atoms with Crippen molar-refractivity contribution >= 4 is 28.5 Å². The van der Waals surface area contributed by atoms with Crippen molar-refractivity contribution in [3.8, 4) is 11.5 Å². The van der Waals surface area contributed by atoms with Crippen LogP contribution in [-0.2, 0) is 13.0 Å². The fourth-order valence-corrected chi connectivity index (χ4v) is 3.94. The average Bonchev–Trinajstić information content (AvgIpc) is 3.20. The summed E-state index contributed by atoms with van der Waals surface area (Å²) >= 11 is 6.17. The molecule has 1 aromatic heterocycles. The summed E-state index contributed by atoms with van der Waals surface area (Å²) in [5, 5.41) is 3.59. The van der Waals surface area contributed by atoms with Crippen LogP contribution < -0.4 is 14.8 Å². The van der Waals surface area contributed by atoms with Gasteiger partial charge in [-0.2, -0.15) is 0 Å². The first kappa shape index (κ1) is 22.7. The van der Waals surface area contributed by atoms with Gasteiger partial charge in [-0.05, 0) is 42.8 Å². The van der Waals surface area contributed by atoms with Gasteiger partial charge in [-0.1, -0.05) is 48.0 Å². The minimum absolute atomic E-state index is 0.164. The quantitative estimate of drug-likeness (QED) is 0.331. The molecule has 0 unspecified atom stereocenters. The normalized spacial score (nSPS) is 10.8. The van der Waals surface area contributed by atoms with E-state index in [1.807, 2.05) is 54.6 Å². The second kappa shape index (κ2) is 10.9. The van der Waals surface area contributed by atoms with Crippen molar-refractivity contribution in [2.24, 2.45) is 0 Å². The van der Waals surface area contributed by atoms with E-state index < -0.39 is 0 Å². The number of amides is 1. The Hall–Kier alpha value is -3.51. The van der Waals surface area contributed by atoms with Crippen LogP contribution in [-0.4, -0.2) is 35.7 Å². The number of para-hydroxylation sites is 4. The van der Waals surface area contributed by atoms with Gasteiger partial charge in [0.25, 0.3) is 5.91 Å². The molecule has 1 N–H and O–H groups in total. The minimum Gasteiger partial charge on any atom is -0.496 e. The lowest BCUT2D eigenvalue weighted by Gasteiger charge is -2.12. The van der Waals surface area contributed by atoms with E-state index in [1.54, 1.807) is 19.2 Å². The van der Waals surface area contributed by atoms with Crippen molar-refractivity contribution in [2.75, 3.05) is 20.3 Å². The van der Waals surface area contributed by atoms with Gasteiger partial charge in [-0.3, -0.25) is 4.79 Å². The van der Waals surface area contributed by atoms with E-state index in [2.05, 4.69) is 16.0 Å². The molecule has 1 heterocycles. The number of aryl methyl sites for hydroxylation is 1. The highest BCUT2D eigenvalue weighted by Crippen LogP contribution is 2.23. The van der Waals surface area contributed by atoms with Crippen LogP contribution in [0, 0.1) is 0 Å². The van der Waals surface area contributed by atoms with Gasteiger partial charge in [0.1, 0.15) is 17.3 Å². The Morgan fingerprint density at radius 2 is 1.73 bits per heavy atom. The zero-order valence-electron chi connectivity index (χ0n) is 18.5. The van der Waals surface area contributed by atoms with E-state index in [4.69, 9.17) is 26.1 Å². The van der Waals surface area contributed by atoms with Crippen molar-refractivity contribution in [2.45, 2.75) is 19.4 Å². The standard InChI is InChI=1S/C26H26ClN3O3/c1-32-23-13-6-2-9-19(23)26(31)28-16-15-25-29-21-11-4-5-12-22(21)30(25)17-8-18-33-24-14-7-3-10-20(24)27/h2-7,9-14H,8,15-18H2,1H3,(H,28,31). The summed E-state index contributed by atoms with van der Waals surface area (Å²) in [5.74, 6) is 2.01. The number of methoxy groups -OCH3 is 1. The third-order valence-corrected chi connectivity index (χ3v) is 5.65. The molecule has 6 nitrogen and oxygen atoms in total. The van der Waals surface area contributed by atoms with Gasteiger partial charge in [-0.25, -0.2) is 4.98 Å². The van der Waals surface area contributed by atoms with Crippen LogP contribution in [0.25, 0.3) is 11.0 Å². The number of hydrogen-bond donors (Lipinski definition) is 1. The largest absolute Gasteiger partial charge is 0.496 e. The zero-order chi connectivity index (χ0) is 23.0. The number of rotatable bonds is 10. The third-order valence-electron chi connectivity index (χ3n) is 5.34. The van der Waals surface area contributed by atoms with E-state index in [1.165, 1.54) is 0 Å². The number of fused-ring (bicyclic) bond motifs is 1. The Morgan fingerprint density at radius 1 is 1.00 bits per heavy atom. The molecule has 0 radical (unpaired) electrons. The number of ether oxygens (including phenoxy) is 2. The van der Waals surface area contributed by atoms with Crippen LogP contribution in [0.3, 0.4) is 0 Å². The highest BCUT2D eigenvalue weighted by atomic mass is 35.5. The summed E-state index contributed by atoms with van der Waals surface area (Å²) in [6.45, 7) is 1.76. The molecule has 33 heavy (non-hydrogen) atoms. The molecule has 0 saturated heterocycles. The molecule has 0 aliphatic heterocycles. The van der Waals surface area contributed by atoms with Gasteiger partial charge in [0.05, 0.1) is 35.3 Å². The monoisotopic (exact) mass is 463 g/mol. The van der Waals surface area contributed by atoms with E-state index >= 15 is 0 Å². The molecule has 4 aromatic rings. The maximum absolute atomic E-state index is 12.6. The van der Waals surface area contributed by atoms with Crippen LogP contribution >= 0.6 is 11.6 Å². The molecule has 0 atom stereocenters. The summed E-state index contributed by atoms with van der Waals surface area (Å²) < 4.78 is 13.3. The average molecular weight is 464 g/mol. The van der Waals surface area contributed by atoms with Gasteiger partial charge >= 0.3 is 0 Å². The second-order valence-electron chi connectivity index (χ2n) is 7.51. The third kappa shape index (κ3) is 5.46. The summed E-state index contributed by atoms with van der Waals surface area (Å²) in [6.07, 6.45) is 1.41. The number of nitrogens with zero attached hydrogens (tertiary/aromatic N) is 2. The zero-order valence-corrected chi connectivity index (χ0v) is 19.2. The molecule has 0 spiro atoms.